The Kier molecular flexibility index (Phi) is 7.42. The normalized spacial score (nSPS) is 18.8. The number of nitrogens with zero attached hydrogens (tertiary/aromatic N) is 1. The number of carbonyl (C=O) groups is 1. The van der Waals surface area contributed by atoms with Crippen molar-refractivity contribution in [3.05, 3.63) is 63.6 Å². The lowest BCUT2D eigenvalue weighted by Crippen LogP contribution is -2.43. The summed E-state index contributed by atoms with van der Waals surface area (Å²) in [6.45, 7) is 2.65. The molecular formula is C21H24Cl2N2O4S. The maximum absolute atomic E-state index is 12.1. The third-order valence-electron chi connectivity index (χ3n) is 5.17. The second kappa shape index (κ2) is 9.66. The zero-order valence-corrected chi connectivity index (χ0v) is 18.9. The zero-order valence-electron chi connectivity index (χ0n) is 16.6. The van der Waals surface area contributed by atoms with Crippen molar-refractivity contribution in [2.24, 2.45) is 5.73 Å². The van der Waals surface area contributed by atoms with Crippen LogP contribution in [0.2, 0.25) is 10.0 Å². The fraction of sp³-hybridized carbons (Fsp3) is 0.381. The molecule has 6 nitrogen and oxygen atoms in total. The Hall–Kier alpha value is -1.64. The van der Waals surface area contributed by atoms with E-state index in [1.807, 2.05) is 12.1 Å². The van der Waals surface area contributed by atoms with Crippen LogP contribution in [0.1, 0.15) is 23.5 Å². The van der Waals surface area contributed by atoms with Crippen molar-refractivity contribution in [3.63, 3.8) is 0 Å². The van der Waals surface area contributed by atoms with Crippen molar-refractivity contribution in [1.29, 1.82) is 0 Å². The van der Waals surface area contributed by atoms with Gasteiger partial charge in [-0.3, -0.25) is 9.69 Å². The zero-order chi connectivity index (χ0) is 21.9. The number of hydrogen-bond acceptors (Lipinski definition) is 5. The quantitative estimate of drug-likeness (QED) is 0.670. The first kappa shape index (κ1) is 23.0. The summed E-state index contributed by atoms with van der Waals surface area (Å²) in [4.78, 5) is 14.5. The minimum atomic E-state index is -3.30. The molecule has 1 aliphatic heterocycles. The van der Waals surface area contributed by atoms with Crippen LogP contribution in [0.15, 0.2) is 47.4 Å². The summed E-state index contributed by atoms with van der Waals surface area (Å²) in [6.07, 6.45) is 1.39. The average Bonchev–Trinajstić information content (AvgIpc) is 2.68. The van der Waals surface area contributed by atoms with Crippen LogP contribution in [0, 0.1) is 0 Å². The number of sulfone groups is 1. The highest BCUT2D eigenvalue weighted by molar-refractivity contribution is 7.90. The molecule has 0 aromatic heterocycles. The number of halogens is 2. The van der Waals surface area contributed by atoms with E-state index in [1.165, 1.54) is 12.1 Å². The molecule has 1 amide bonds. The predicted molar refractivity (Wildman–Crippen MR) is 118 cm³/mol. The number of morpholine rings is 1. The SMILES string of the molecule is CS(=O)(=O)c1ccc(C(C[C@@H]2CN(Cc3ccc(Cl)c(Cl)c3)CCO2)C(N)=O)cc1. The van der Waals surface area contributed by atoms with E-state index >= 15 is 0 Å². The van der Waals surface area contributed by atoms with Crippen molar-refractivity contribution in [2.75, 3.05) is 26.0 Å². The fourth-order valence-electron chi connectivity index (χ4n) is 3.59. The summed E-state index contributed by atoms with van der Waals surface area (Å²) in [6, 6.07) is 11.8. The molecule has 2 aromatic carbocycles. The lowest BCUT2D eigenvalue weighted by molar-refractivity contribution is -0.121. The first-order valence-corrected chi connectivity index (χ1v) is 12.2. The molecule has 0 radical (unpaired) electrons. The van der Waals surface area contributed by atoms with Gasteiger partial charge in [0.1, 0.15) is 0 Å². The lowest BCUT2D eigenvalue weighted by Gasteiger charge is -2.34. The van der Waals surface area contributed by atoms with Crippen LogP contribution < -0.4 is 5.73 Å². The Balaban J connectivity index is 1.68. The minimum absolute atomic E-state index is 0.173. The number of hydrogen-bond donors (Lipinski definition) is 1. The molecule has 1 heterocycles. The topological polar surface area (TPSA) is 89.7 Å². The number of nitrogens with two attached hydrogens (primary N) is 1. The molecule has 9 heteroatoms. The van der Waals surface area contributed by atoms with E-state index in [0.29, 0.717) is 41.7 Å². The van der Waals surface area contributed by atoms with Crippen molar-refractivity contribution in [1.82, 2.24) is 4.90 Å². The summed E-state index contributed by atoms with van der Waals surface area (Å²) in [5.41, 5.74) is 7.37. The molecule has 2 N–H and O–H groups in total. The molecule has 2 atom stereocenters. The van der Waals surface area contributed by atoms with Gasteiger partial charge in [0, 0.05) is 25.9 Å². The van der Waals surface area contributed by atoms with Gasteiger partial charge in [-0.2, -0.15) is 0 Å². The van der Waals surface area contributed by atoms with Crippen LogP contribution in [0.3, 0.4) is 0 Å². The first-order chi connectivity index (χ1) is 14.1. The lowest BCUT2D eigenvalue weighted by atomic mass is 9.92. The Morgan fingerprint density at radius 2 is 1.90 bits per heavy atom. The van der Waals surface area contributed by atoms with Crippen LogP contribution >= 0.6 is 23.2 Å². The van der Waals surface area contributed by atoms with Gasteiger partial charge in [-0.1, -0.05) is 41.4 Å². The minimum Gasteiger partial charge on any atom is -0.376 e. The molecule has 1 unspecified atom stereocenters. The highest BCUT2D eigenvalue weighted by Gasteiger charge is 2.28. The maximum atomic E-state index is 12.1. The molecule has 1 fully saturated rings. The summed E-state index contributed by atoms with van der Waals surface area (Å²) >= 11 is 12.1. The van der Waals surface area contributed by atoms with Crippen LogP contribution in [0.5, 0.6) is 0 Å². The summed E-state index contributed by atoms with van der Waals surface area (Å²) in [7, 11) is -3.30. The van der Waals surface area contributed by atoms with Crippen molar-refractivity contribution in [2.45, 2.75) is 29.9 Å². The van der Waals surface area contributed by atoms with Gasteiger partial charge in [0.2, 0.25) is 5.91 Å². The second-order valence-electron chi connectivity index (χ2n) is 7.51. The molecule has 3 rings (SSSR count). The number of benzene rings is 2. The van der Waals surface area contributed by atoms with Crippen molar-refractivity contribution < 1.29 is 17.9 Å². The van der Waals surface area contributed by atoms with E-state index in [9.17, 15) is 13.2 Å². The van der Waals surface area contributed by atoms with Crippen molar-refractivity contribution >= 4 is 38.9 Å². The number of primary amides is 1. The Morgan fingerprint density at radius 1 is 1.20 bits per heavy atom. The maximum Gasteiger partial charge on any atom is 0.225 e. The van der Waals surface area contributed by atoms with E-state index in [-0.39, 0.29) is 11.0 Å². The van der Waals surface area contributed by atoms with Gasteiger partial charge in [0.05, 0.1) is 33.6 Å². The predicted octanol–water partition coefficient (Wildman–Crippen LogP) is 3.26. The molecule has 2 aromatic rings. The fourth-order valence-corrected chi connectivity index (χ4v) is 4.54. The van der Waals surface area contributed by atoms with E-state index in [4.69, 9.17) is 33.7 Å². The monoisotopic (exact) mass is 470 g/mol. The molecule has 0 bridgehead atoms. The van der Waals surface area contributed by atoms with Crippen LogP contribution in [0.25, 0.3) is 0 Å². The molecule has 0 aliphatic carbocycles. The highest BCUT2D eigenvalue weighted by atomic mass is 35.5. The highest BCUT2D eigenvalue weighted by Crippen LogP contribution is 2.27. The molecule has 1 aliphatic rings. The first-order valence-electron chi connectivity index (χ1n) is 9.50. The molecule has 30 heavy (non-hydrogen) atoms. The second-order valence-corrected chi connectivity index (χ2v) is 10.3. The largest absolute Gasteiger partial charge is 0.376 e. The van der Waals surface area contributed by atoms with Gasteiger partial charge in [0.25, 0.3) is 0 Å². The van der Waals surface area contributed by atoms with Gasteiger partial charge >= 0.3 is 0 Å². The third-order valence-corrected chi connectivity index (χ3v) is 7.03. The van der Waals surface area contributed by atoms with E-state index in [2.05, 4.69) is 4.90 Å². The van der Waals surface area contributed by atoms with Crippen LogP contribution in [-0.2, 0) is 25.9 Å². The van der Waals surface area contributed by atoms with Gasteiger partial charge in [-0.05, 0) is 41.8 Å². The van der Waals surface area contributed by atoms with Crippen LogP contribution in [-0.4, -0.2) is 51.3 Å². The molecular weight excluding hydrogens is 447 g/mol. The van der Waals surface area contributed by atoms with Gasteiger partial charge in [-0.25, -0.2) is 8.42 Å². The standard InChI is InChI=1S/C21H24Cl2N2O4S/c1-30(27,28)17-5-3-15(4-6-17)18(21(24)26)11-16-13-25(8-9-29-16)12-14-2-7-19(22)20(23)10-14/h2-7,10,16,18H,8-9,11-13H2,1H3,(H2,24,26)/t16-,18?/m1/s1. The van der Waals surface area contributed by atoms with E-state index < -0.39 is 21.7 Å². The van der Waals surface area contributed by atoms with E-state index in [1.54, 1.807) is 18.2 Å². The van der Waals surface area contributed by atoms with Crippen LogP contribution in [0.4, 0.5) is 0 Å². The average molecular weight is 471 g/mol. The Labute approximate surface area is 186 Å². The van der Waals surface area contributed by atoms with Gasteiger partial charge in [-0.15, -0.1) is 0 Å². The van der Waals surface area contributed by atoms with Gasteiger partial charge < -0.3 is 10.5 Å². The van der Waals surface area contributed by atoms with Crippen molar-refractivity contribution in [3.8, 4) is 0 Å². The molecule has 0 saturated carbocycles. The number of carbonyl (C=O) groups excluding carboxylic acids is 1. The number of amides is 1. The molecule has 1 saturated heterocycles. The molecule has 0 spiro atoms. The summed E-state index contributed by atoms with van der Waals surface area (Å²) in [5, 5.41) is 1.04. The summed E-state index contributed by atoms with van der Waals surface area (Å²) in [5.74, 6) is -1.03. The number of ether oxygens (including phenoxy) is 1. The van der Waals surface area contributed by atoms with E-state index in [0.717, 1.165) is 18.4 Å². The van der Waals surface area contributed by atoms with Gasteiger partial charge in [0.15, 0.2) is 9.84 Å². The third kappa shape index (κ3) is 5.95. The Bertz CT molecular complexity index is 1010. The summed E-state index contributed by atoms with van der Waals surface area (Å²) < 4.78 is 29.2. The smallest absolute Gasteiger partial charge is 0.225 e. The number of rotatable bonds is 7. The Morgan fingerprint density at radius 3 is 2.50 bits per heavy atom. The molecule has 162 valence electrons.